The molecule has 1 aromatic heterocycles. The van der Waals surface area contributed by atoms with Gasteiger partial charge in [-0.25, -0.2) is 4.98 Å². The molecule has 0 amide bonds. The smallest absolute Gasteiger partial charge is 0.404 e. The molecule has 2 aromatic rings. The second kappa shape index (κ2) is 5.44. The molecular formula is C10H8Cl2F3N3O3S. The molecule has 0 atom stereocenters. The number of rotatable bonds is 3. The van der Waals surface area contributed by atoms with Crippen molar-refractivity contribution in [2.45, 2.75) is 6.36 Å². The standard InChI is InChI=1S/C10H8Cl2F3N3O3S/c1-17(2)22(19,20)18-7-3-5(11)8(21-10(13,14)15)4-6(7)16-9(18)12/h3-4H,1-2H3. The van der Waals surface area contributed by atoms with Crippen molar-refractivity contribution in [1.29, 1.82) is 0 Å². The van der Waals surface area contributed by atoms with Gasteiger partial charge < -0.3 is 4.74 Å². The first kappa shape index (κ1) is 17.1. The van der Waals surface area contributed by atoms with Crippen LogP contribution in [0.15, 0.2) is 12.1 Å². The Bertz CT molecular complexity index is 833. The van der Waals surface area contributed by atoms with E-state index in [1.807, 2.05) is 0 Å². The molecule has 122 valence electrons. The summed E-state index contributed by atoms with van der Waals surface area (Å²) in [5.74, 6) is -0.703. The highest BCUT2D eigenvalue weighted by Crippen LogP contribution is 2.35. The lowest BCUT2D eigenvalue weighted by molar-refractivity contribution is -0.274. The third-order valence-corrected chi connectivity index (χ3v) is 4.95. The number of nitrogens with zero attached hydrogens (tertiary/aromatic N) is 3. The van der Waals surface area contributed by atoms with Crippen molar-refractivity contribution in [3.8, 4) is 5.75 Å². The summed E-state index contributed by atoms with van der Waals surface area (Å²) in [6.07, 6.45) is -4.95. The van der Waals surface area contributed by atoms with Crippen LogP contribution in [0.2, 0.25) is 10.3 Å². The first-order chi connectivity index (χ1) is 9.93. The Morgan fingerprint density at radius 2 is 1.86 bits per heavy atom. The molecule has 1 heterocycles. The second-order valence-corrected chi connectivity index (χ2v) is 6.99. The normalized spacial score (nSPS) is 13.1. The topological polar surface area (TPSA) is 64.4 Å². The summed E-state index contributed by atoms with van der Waals surface area (Å²) >= 11 is 11.5. The molecule has 0 saturated heterocycles. The largest absolute Gasteiger partial charge is 0.573 e. The van der Waals surface area contributed by atoms with Gasteiger partial charge in [0.25, 0.3) is 0 Å². The summed E-state index contributed by atoms with van der Waals surface area (Å²) in [5.41, 5.74) is -0.183. The molecule has 0 aliphatic heterocycles. The van der Waals surface area contributed by atoms with E-state index in [2.05, 4.69) is 9.72 Å². The van der Waals surface area contributed by atoms with E-state index in [-0.39, 0.29) is 11.0 Å². The summed E-state index contributed by atoms with van der Waals surface area (Å²) < 4.78 is 66.4. The quantitative estimate of drug-likeness (QED) is 0.824. The van der Waals surface area contributed by atoms with Crippen LogP contribution in [0.3, 0.4) is 0 Å². The molecule has 0 fully saturated rings. The number of alkyl halides is 3. The minimum Gasteiger partial charge on any atom is -0.404 e. The van der Waals surface area contributed by atoms with Gasteiger partial charge in [0, 0.05) is 20.2 Å². The highest BCUT2D eigenvalue weighted by atomic mass is 35.5. The fourth-order valence-electron chi connectivity index (χ4n) is 1.61. The van der Waals surface area contributed by atoms with Crippen LogP contribution < -0.4 is 4.74 Å². The molecule has 0 N–H and O–H groups in total. The maximum atomic E-state index is 12.3. The summed E-state index contributed by atoms with van der Waals surface area (Å²) in [6.45, 7) is 0. The summed E-state index contributed by atoms with van der Waals surface area (Å²) in [4.78, 5) is 3.71. The summed E-state index contributed by atoms with van der Waals surface area (Å²) in [5, 5.41) is -0.875. The first-order valence-electron chi connectivity index (χ1n) is 5.50. The molecule has 0 bridgehead atoms. The zero-order chi connectivity index (χ0) is 16.9. The fourth-order valence-corrected chi connectivity index (χ4v) is 3.21. The van der Waals surface area contributed by atoms with E-state index < -0.39 is 32.6 Å². The number of ether oxygens (including phenoxy) is 1. The molecule has 22 heavy (non-hydrogen) atoms. The number of hydrogen-bond donors (Lipinski definition) is 0. The lowest BCUT2D eigenvalue weighted by atomic mass is 10.3. The molecule has 0 aliphatic rings. The third-order valence-electron chi connectivity index (χ3n) is 2.55. The van der Waals surface area contributed by atoms with E-state index >= 15 is 0 Å². The van der Waals surface area contributed by atoms with Crippen molar-refractivity contribution < 1.29 is 26.3 Å². The van der Waals surface area contributed by atoms with Gasteiger partial charge in [0.2, 0.25) is 5.28 Å². The first-order valence-corrected chi connectivity index (χ1v) is 7.65. The van der Waals surface area contributed by atoms with Crippen LogP contribution in [0.4, 0.5) is 13.2 Å². The van der Waals surface area contributed by atoms with E-state index in [4.69, 9.17) is 23.2 Å². The van der Waals surface area contributed by atoms with Crippen LogP contribution in [0.5, 0.6) is 5.75 Å². The second-order valence-electron chi connectivity index (χ2n) is 4.25. The van der Waals surface area contributed by atoms with E-state index in [0.29, 0.717) is 3.97 Å². The molecule has 1 aromatic carbocycles. The zero-order valence-corrected chi connectivity index (χ0v) is 13.3. The number of aromatic nitrogens is 2. The number of halogens is 5. The minimum absolute atomic E-state index is 0.0711. The predicted octanol–water partition coefficient (Wildman–Crippen LogP) is 2.90. The molecule has 12 heteroatoms. The van der Waals surface area contributed by atoms with Gasteiger partial charge in [-0.1, -0.05) is 11.6 Å². The Morgan fingerprint density at radius 3 is 2.36 bits per heavy atom. The van der Waals surface area contributed by atoms with Crippen LogP contribution in [0, 0.1) is 0 Å². The van der Waals surface area contributed by atoms with Gasteiger partial charge in [-0.05, 0) is 17.7 Å². The highest BCUT2D eigenvalue weighted by molar-refractivity contribution is 7.87. The van der Waals surface area contributed by atoms with Crippen molar-refractivity contribution in [3.05, 3.63) is 22.4 Å². The van der Waals surface area contributed by atoms with Crippen LogP contribution >= 0.6 is 23.2 Å². The van der Waals surface area contributed by atoms with Crippen molar-refractivity contribution >= 4 is 44.4 Å². The van der Waals surface area contributed by atoms with Gasteiger partial charge in [0.15, 0.2) is 0 Å². The minimum atomic E-state index is -4.95. The average molecular weight is 378 g/mol. The maximum absolute atomic E-state index is 12.3. The summed E-state index contributed by atoms with van der Waals surface area (Å²) in [7, 11) is -1.49. The number of hydrogen-bond acceptors (Lipinski definition) is 4. The number of fused-ring (bicyclic) bond motifs is 1. The maximum Gasteiger partial charge on any atom is 0.573 e. The molecule has 0 aliphatic carbocycles. The van der Waals surface area contributed by atoms with E-state index in [0.717, 1.165) is 16.4 Å². The highest BCUT2D eigenvalue weighted by Gasteiger charge is 2.33. The molecule has 0 spiro atoms. The molecular weight excluding hydrogens is 370 g/mol. The predicted molar refractivity (Wildman–Crippen MR) is 74.4 cm³/mol. The van der Waals surface area contributed by atoms with Crippen LogP contribution in [0.25, 0.3) is 11.0 Å². The molecule has 2 rings (SSSR count). The van der Waals surface area contributed by atoms with Crippen molar-refractivity contribution in [2.75, 3.05) is 14.1 Å². The monoisotopic (exact) mass is 377 g/mol. The van der Waals surface area contributed by atoms with Gasteiger partial charge in [0.1, 0.15) is 5.75 Å². The van der Waals surface area contributed by atoms with E-state index in [9.17, 15) is 21.6 Å². The fraction of sp³-hybridized carbons (Fsp3) is 0.300. The average Bonchev–Trinajstić information content (AvgIpc) is 2.63. The number of imidazole rings is 1. The Kier molecular flexibility index (Phi) is 4.24. The van der Waals surface area contributed by atoms with E-state index in [1.54, 1.807) is 0 Å². The van der Waals surface area contributed by atoms with Gasteiger partial charge in [-0.2, -0.15) is 16.7 Å². The third kappa shape index (κ3) is 3.09. The van der Waals surface area contributed by atoms with E-state index in [1.165, 1.54) is 14.1 Å². The van der Waals surface area contributed by atoms with Gasteiger partial charge >= 0.3 is 16.6 Å². The molecule has 0 unspecified atom stereocenters. The zero-order valence-electron chi connectivity index (χ0n) is 11.0. The molecule has 0 radical (unpaired) electrons. The molecule has 6 nitrogen and oxygen atoms in total. The van der Waals surface area contributed by atoms with Gasteiger partial charge in [-0.15, -0.1) is 13.2 Å². The van der Waals surface area contributed by atoms with Gasteiger partial charge in [-0.3, -0.25) is 0 Å². The van der Waals surface area contributed by atoms with Crippen LogP contribution in [-0.2, 0) is 10.2 Å². The lowest BCUT2D eigenvalue weighted by Gasteiger charge is -2.14. The Morgan fingerprint density at radius 1 is 1.27 bits per heavy atom. The lowest BCUT2D eigenvalue weighted by Crippen LogP contribution is -2.28. The van der Waals surface area contributed by atoms with Crippen LogP contribution in [0.1, 0.15) is 0 Å². The Balaban J connectivity index is 2.70. The van der Waals surface area contributed by atoms with Crippen molar-refractivity contribution in [2.24, 2.45) is 0 Å². The molecule has 0 saturated carbocycles. The van der Waals surface area contributed by atoms with Gasteiger partial charge in [0.05, 0.1) is 16.1 Å². The Hall–Kier alpha value is -1.23. The van der Waals surface area contributed by atoms with Crippen molar-refractivity contribution in [1.82, 2.24) is 13.3 Å². The summed E-state index contributed by atoms with van der Waals surface area (Å²) in [6, 6.07) is 1.84. The van der Waals surface area contributed by atoms with Crippen molar-refractivity contribution in [3.63, 3.8) is 0 Å². The SMILES string of the molecule is CN(C)S(=O)(=O)n1c(Cl)nc2cc(OC(F)(F)F)c(Cl)cc21. The van der Waals surface area contributed by atoms with Crippen LogP contribution in [-0.4, -0.2) is 42.1 Å². The number of benzene rings is 1. The Labute approximate surface area is 133 Å².